The fraction of sp³-hybridized carbons (Fsp3) is 0.409. The van der Waals surface area contributed by atoms with Gasteiger partial charge < -0.3 is 18.9 Å². The highest BCUT2D eigenvalue weighted by Gasteiger charge is 2.16. The molecule has 8 aromatic rings. The number of hydrogen-bond acceptors (Lipinski definition) is 12. The highest BCUT2D eigenvalue weighted by molar-refractivity contribution is 7.99. The van der Waals surface area contributed by atoms with Gasteiger partial charge in [0.15, 0.2) is 0 Å². The van der Waals surface area contributed by atoms with Gasteiger partial charge in [0.05, 0.1) is 33.6 Å². The molecule has 0 heterocycles. The third-order valence-electron chi connectivity index (χ3n) is 18.1. The normalized spacial score (nSPS) is 11.4. The predicted octanol–water partition coefficient (Wildman–Crippen LogP) is 25.9. The molecule has 0 fully saturated rings. The zero-order valence-electron chi connectivity index (χ0n) is 59.5. The topological polar surface area (TPSA) is 130 Å². The van der Waals surface area contributed by atoms with Gasteiger partial charge in [-0.3, -0.25) is 9.98 Å². The van der Waals surface area contributed by atoms with Crippen molar-refractivity contribution in [3.8, 4) is 23.0 Å². The largest absolute Gasteiger partial charge is 0.423 e. The monoisotopic (exact) mass is 1380 g/mol. The summed E-state index contributed by atoms with van der Waals surface area (Å²) in [6, 6.07) is 53.6. The average Bonchev–Trinajstić information content (AvgIpc) is 0.816. The van der Waals surface area contributed by atoms with Crippen LogP contribution in [0, 0.1) is 0 Å². The third-order valence-corrected chi connectivity index (χ3v) is 20.2. The van der Waals surface area contributed by atoms with Crippen molar-refractivity contribution in [3.63, 3.8) is 0 Å². The number of benzene rings is 8. The van der Waals surface area contributed by atoms with E-state index in [1.165, 1.54) is 205 Å². The lowest BCUT2D eigenvalue weighted by molar-refractivity contribution is 0.0724. The zero-order valence-corrected chi connectivity index (χ0v) is 61.1. The van der Waals surface area contributed by atoms with Gasteiger partial charge in [0.1, 0.15) is 23.0 Å². The van der Waals surface area contributed by atoms with Gasteiger partial charge in [0.25, 0.3) is 0 Å². The van der Waals surface area contributed by atoms with Crippen LogP contribution in [0.1, 0.15) is 272 Å². The Morgan fingerprint density at radius 3 is 0.960 bits per heavy atom. The van der Waals surface area contributed by atoms with E-state index in [-0.39, 0.29) is 5.75 Å². The smallest absolute Gasteiger partial charge is 0.343 e. The molecule has 0 aliphatic carbocycles. The van der Waals surface area contributed by atoms with E-state index in [2.05, 4.69) is 23.8 Å². The van der Waals surface area contributed by atoms with Crippen molar-refractivity contribution in [2.75, 3.05) is 11.5 Å². The minimum absolute atomic E-state index is 0.286. The number of carbonyl (C=O) groups is 4. The van der Waals surface area contributed by atoms with Crippen molar-refractivity contribution in [2.24, 2.45) is 9.98 Å². The van der Waals surface area contributed by atoms with E-state index in [4.69, 9.17) is 18.9 Å². The summed E-state index contributed by atoms with van der Waals surface area (Å²) in [5.74, 6) is 1.66. The highest BCUT2D eigenvalue weighted by atomic mass is 32.2. The molecular formula is C88H106N2O8S2. The van der Waals surface area contributed by atoms with Crippen LogP contribution in [0.15, 0.2) is 202 Å². The summed E-state index contributed by atoms with van der Waals surface area (Å²) in [4.78, 5) is 64.3. The Hall–Kier alpha value is -8.06. The summed E-state index contributed by atoms with van der Waals surface area (Å²) in [6.07, 6.45) is 47.2. The molecule has 12 heteroatoms. The molecular weight excluding hydrogens is 1280 g/mol. The maximum absolute atomic E-state index is 13.5. The van der Waals surface area contributed by atoms with Crippen LogP contribution in [-0.4, -0.2) is 47.8 Å². The van der Waals surface area contributed by atoms with E-state index in [1.54, 1.807) is 140 Å². The first kappa shape index (κ1) is 77.7. The summed E-state index contributed by atoms with van der Waals surface area (Å²) < 4.78 is 23.1. The SMILES string of the molecule is CCCCCCCCCCCCCCCCCCSc1ccc(C(=O)Oc2ccc(N=Cc3ccc(C(=O)Oc4ccc5cccc(OC(=O)c6ccc(C=Nc7ccc(OC(=O)c8ccc(SCCCCCCCCCCCCCCCCCC)cc8)cc7)cc6)c5c4)cc3)cc2)cc1. The maximum Gasteiger partial charge on any atom is 0.343 e. The number of hydrogen-bond donors (Lipinski definition) is 0. The van der Waals surface area contributed by atoms with E-state index in [9.17, 15) is 19.2 Å². The molecule has 0 radical (unpaired) electrons. The van der Waals surface area contributed by atoms with Crippen LogP contribution in [0.5, 0.6) is 23.0 Å². The van der Waals surface area contributed by atoms with Crippen LogP contribution >= 0.6 is 23.5 Å². The van der Waals surface area contributed by atoms with E-state index < -0.39 is 23.9 Å². The maximum atomic E-state index is 13.5. The predicted molar refractivity (Wildman–Crippen MR) is 417 cm³/mol. The standard InChI is InChI=1S/C88H106N2O8S2/c1-3-5-7-9-11-13-15-17-19-21-23-25-27-29-31-33-64-99-81-60-47-74(48-61-81)85(91)95-78-56-51-76(52-57-78)89-67-69-38-42-72(43-39-69)87(93)97-80-55-46-71-36-35-37-84(83(71)66-80)98-88(94)73-44-40-70(41-45-73)68-90-77-53-58-79(59-54-77)96-86(92)75-49-62-82(63-50-75)100-65-34-32-30-28-26-24-22-20-18-16-14-12-10-8-6-4-2/h35-63,66-68H,3-34,64-65H2,1-2H3. The van der Waals surface area contributed by atoms with Crippen molar-refractivity contribution in [2.45, 2.75) is 229 Å². The molecule has 0 saturated heterocycles. The molecule has 0 N–H and O–H groups in total. The molecule has 528 valence electrons. The van der Waals surface area contributed by atoms with E-state index in [0.29, 0.717) is 56.3 Å². The van der Waals surface area contributed by atoms with Gasteiger partial charge in [-0.05, 0) is 180 Å². The summed E-state index contributed by atoms with van der Waals surface area (Å²) in [5.41, 5.74) is 4.54. The fourth-order valence-electron chi connectivity index (χ4n) is 12.0. The van der Waals surface area contributed by atoms with Crippen molar-refractivity contribution in [1.82, 2.24) is 0 Å². The summed E-state index contributed by atoms with van der Waals surface area (Å²) in [6.45, 7) is 4.56. The fourth-order valence-corrected chi connectivity index (χ4v) is 13.8. The van der Waals surface area contributed by atoms with E-state index in [0.717, 1.165) is 37.8 Å². The number of carbonyl (C=O) groups excluding carboxylic acids is 4. The Morgan fingerprint density at radius 1 is 0.310 bits per heavy atom. The van der Waals surface area contributed by atoms with Crippen LogP contribution in [0.2, 0.25) is 0 Å². The van der Waals surface area contributed by atoms with Crippen molar-refractivity contribution in [3.05, 3.63) is 215 Å². The Morgan fingerprint density at radius 2 is 0.610 bits per heavy atom. The second-order valence-electron chi connectivity index (χ2n) is 26.3. The molecule has 0 aliphatic rings. The number of unbranched alkanes of at least 4 members (excludes halogenated alkanes) is 30. The van der Waals surface area contributed by atoms with E-state index in [1.807, 2.05) is 78.1 Å². The van der Waals surface area contributed by atoms with Crippen molar-refractivity contribution >= 4 is 82.0 Å². The van der Waals surface area contributed by atoms with Gasteiger partial charge in [0, 0.05) is 27.6 Å². The number of aliphatic imine (C=N–C) groups is 2. The van der Waals surface area contributed by atoms with Crippen molar-refractivity contribution < 1.29 is 38.1 Å². The summed E-state index contributed by atoms with van der Waals surface area (Å²) in [7, 11) is 0. The minimum atomic E-state index is -0.555. The number of esters is 4. The lowest BCUT2D eigenvalue weighted by Crippen LogP contribution is -2.09. The second-order valence-corrected chi connectivity index (χ2v) is 28.6. The Bertz CT molecular complexity index is 3720. The quantitative estimate of drug-likeness (QED) is 0.0119. The summed E-state index contributed by atoms with van der Waals surface area (Å²) >= 11 is 3.67. The molecule has 0 saturated carbocycles. The van der Waals surface area contributed by atoms with Crippen LogP contribution in [0.3, 0.4) is 0 Å². The van der Waals surface area contributed by atoms with Gasteiger partial charge in [0.2, 0.25) is 0 Å². The first-order chi connectivity index (χ1) is 49.2. The minimum Gasteiger partial charge on any atom is -0.423 e. The second kappa shape index (κ2) is 46.4. The molecule has 0 bridgehead atoms. The average molecular weight is 1380 g/mol. The number of nitrogens with zero attached hydrogens (tertiary/aromatic N) is 2. The van der Waals surface area contributed by atoms with Gasteiger partial charge in [-0.25, -0.2) is 19.2 Å². The first-order valence-electron chi connectivity index (χ1n) is 37.6. The molecule has 8 aromatic carbocycles. The molecule has 0 aliphatic heterocycles. The van der Waals surface area contributed by atoms with E-state index >= 15 is 0 Å². The molecule has 10 nitrogen and oxygen atoms in total. The number of rotatable bonds is 48. The molecule has 0 spiro atoms. The Labute approximate surface area is 605 Å². The number of fused-ring (bicyclic) bond motifs is 1. The molecule has 0 aromatic heterocycles. The van der Waals surface area contributed by atoms with Gasteiger partial charge in [-0.2, -0.15) is 0 Å². The highest BCUT2D eigenvalue weighted by Crippen LogP contribution is 2.32. The molecule has 100 heavy (non-hydrogen) atoms. The Balaban J connectivity index is 0.684. The lowest BCUT2D eigenvalue weighted by Gasteiger charge is -2.10. The van der Waals surface area contributed by atoms with Crippen molar-refractivity contribution in [1.29, 1.82) is 0 Å². The van der Waals surface area contributed by atoms with Crippen LogP contribution in [0.4, 0.5) is 11.4 Å². The first-order valence-corrected chi connectivity index (χ1v) is 39.5. The van der Waals surface area contributed by atoms with Gasteiger partial charge in [-0.15, -0.1) is 23.5 Å². The number of thioether (sulfide) groups is 2. The van der Waals surface area contributed by atoms with Crippen LogP contribution < -0.4 is 18.9 Å². The molecule has 8 rings (SSSR count). The summed E-state index contributed by atoms with van der Waals surface area (Å²) in [5, 5.41) is 1.39. The molecule has 0 amide bonds. The van der Waals surface area contributed by atoms with Crippen LogP contribution in [-0.2, 0) is 0 Å². The zero-order chi connectivity index (χ0) is 69.9. The van der Waals surface area contributed by atoms with Gasteiger partial charge in [-0.1, -0.05) is 249 Å². The number of ether oxygens (including phenoxy) is 4. The Kier molecular flexibility index (Phi) is 36.0. The lowest BCUT2D eigenvalue weighted by atomic mass is 10.0. The molecule has 0 atom stereocenters. The van der Waals surface area contributed by atoms with Crippen LogP contribution in [0.25, 0.3) is 10.8 Å². The third kappa shape index (κ3) is 29.6. The molecule has 0 unspecified atom stereocenters. The van der Waals surface area contributed by atoms with Gasteiger partial charge >= 0.3 is 23.9 Å².